The summed E-state index contributed by atoms with van der Waals surface area (Å²) in [4.78, 5) is 12.0. The first kappa shape index (κ1) is 17.8. The van der Waals surface area contributed by atoms with E-state index in [0.717, 1.165) is 23.9 Å². The number of ether oxygens (including phenoxy) is 2. The van der Waals surface area contributed by atoms with Crippen molar-refractivity contribution in [2.45, 2.75) is 33.2 Å². The molecule has 0 atom stereocenters. The highest BCUT2D eigenvalue weighted by atomic mass is 16.5. The molecular formula is C18H25N3O3. The highest BCUT2D eigenvalue weighted by Gasteiger charge is 2.08. The van der Waals surface area contributed by atoms with E-state index in [1.54, 1.807) is 13.3 Å². The van der Waals surface area contributed by atoms with Gasteiger partial charge in [-0.05, 0) is 36.6 Å². The van der Waals surface area contributed by atoms with E-state index < -0.39 is 0 Å². The van der Waals surface area contributed by atoms with Gasteiger partial charge in [-0.1, -0.05) is 13.8 Å². The molecule has 1 N–H and O–H groups in total. The summed E-state index contributed by atoms with van der Waals surface area (Å²) in [5.74, 6) is 2.74. The third-order valence-corrected chi connectivity index (χ3v) is 3.40. The lowest BCUT2D eigenvalue weighted by Crippen LogP contribution is -2.17. The van der Waals surface area contributed by atoms with Crippen molar-refractivity contribution in [3.05, 3.63) is 36.5 Å². The Morgan fingerprint density at radius 2 is 1.92 bits per heavy atom. The van der Waals surface area contributed by atoms with E-state index in [2.05, 4.69) is 24.3 Å². The van der Waals surface area contributed by atoms with Gasteiger partial charge in [-0.2, -0.15) is 5.10 Å². The van der Waals surface area contributed by atoms with Crippen molar-refractivity contribution in [2.75, 3.05) is 19.0 Å². The Kier molecular flexibility index (Phi) is 6.66. The first-order valence-corrected chi connectivity index (χ1v) is 8.17. The fourth-order valence-electron chi connectivity index (χ4n) is 2.23. The zero-order valence-electron chi connectivity index (χ0n) is 14.5. The summed E-state index contributed by atoms with van der Waals surface area (Å²) in [7, 11) is 1.63. The Balaban J connectivity index is 1.70. The minimum Gasteiger partial charge on any atom is -0.497 e. The van der Waals surface area contributed by atoms with E-state index in [1.807, 2.05) is 35.0 Å². The van der Waals surface area contributed by atoms with Crippen LogP contribution in [0.2, 0.25) is 0 Å². The van der Waals surface area contributed by atoms with Gasteiger partial charge in [0.1, 0.15) is 17.3 Å². The molecule has 1 amide bonds. The molecule has 24 heavy (non-hydrogen) atoms. The molecule has 0 unspecified atom stereocenters. The summed E-state index contributed by atoms with van der Waals surface area (Å²) in [6, 6.07) is 9.21. The summed E-state index contributed by atoms with van der Waals surface area (Å²) in [5, 5.41) is 7.13. The number of amides is 1. The van der Waals surface area contributed by atoms with Crippen LogP contribution in [0.1, 0.15) is 26.7 Å². The number of rotatable bonds is 9. The molecule has 0 saturated carbocycles. The number of hydrogen-bond acceptors (Lipinski definition) is 4. The largest absolute Gasteiger partial charge is 0.497 e. The van der Waals surface area contributed by atoms with E-state index in [1.165, 1.54) is 0 Å². The number of carbonyl (C=O) groups excluding carboxylic acids is 1. The van der Waals surface area contributed by atoms with Crippen molar-refractivity contribution in [2.24, 2.45) is 5.92 Å². The van der Waals surface area contributed by atoms with Crippen LogP contribution in [-0.2, 0) is 11.3 Å². The smallest absolute Gasteiger partial charge is 0.225 e. The minimum absolute atomic E-state index is 0.0289. The van der Waals surface area contributed by atoms with E-state index in [4.69, 9.17) is 9.47 Å². The van der Waals surface area contributed by atoms with Gasteiger partial charge in [0.15, 0.2) is 0 Å². The van der Waals surface area contributed by atoms with Gasteiger partial charge in [-0.25, -0.2) is 4.68 Å². The average Bonchev–Trinajstić information content (AvgIpc) is 2.98. The summed E-state index contributed by atoms with van der Waals surface area (Å²) < 4.78 is 12.5. The molecule has 2 aromatic rings. The molecule has 0 bridgehead atoms. The highest BCUT2D eigenvalue weighted by Crippen LogP contribution is 2.17. The molecule has 0 radical (unpaired) electrons. The lowest BCUT2D eigenvalue weighted by molar-refractivity contribution is -0.116. The fraction of sp³-hybridized carbons (Fsp3) is 0.444. The second kappa shape index (κ2) is 8.96. The van der Waals surface area contributed by atoms with Gasteiger partial charge in [-0.15, -0.1) is 0 Å². The Bertz CT molecular complexity index is 635. The number of carbonyl (C=O) groups is 1. The maximum atomic E-state index is 12.0. The van der Waals surface area contributed by atoms with Crippen molar-refractivity contribution in [1.82, 2.24) is 9.78 Å². The van der Waals surface area contributed by atoms with Crippen LogP contribution in [0.25, 0.3) is 0 Å². The summed E-state index contributed by atoms with van der Waals surface area (Å²) in [6.45, 7) is 5.50. The van der Waals surface area contributed by atoms with E-state index in [-0.39, 0.29) is 5.91 Å². The molecule has 0 fully saturated rings. The van der Waals surface area contributed by atoms with Crippen LogP contribution in [0.3, 0.4) is 0 Å². The zero-order valence-corrected chi connectivity index (χ0v) is 14.5. The van der Waals surface area contributed by atoms with Crippen LogP contribution in [0.4, 0.5) is 5.82 Å². The predicted molar refractivity (Wildman–Crippen MR) is 93.4 cm³/mol. The Morgan fingerprint density at radius 1 is 1.21 bits per heavy atom. The van der Waals surface area contributed by atoms with Crippen molar-refractivity contribution in [1.29, 1.82) is 0 Å². The van der Waals surface area contributed by atoms with Gasteiger partial charge in [0.25, 0.3) is 0 Å². The number of nitrogens with one attached hydrogen (secondary N) is 1. The van der Waals surface area contributed by atoms with Crippen molar-refractivity contribution in [3.63, 3.8) is 0 Å². The number of aromatic nitrogens is 2. The van der Waals surface area contributed by atoms with Gasteiger partial charge < -0.3 is 14.8 Å². The molecular weight excluding hydrogens is 306 g/mol. The predicted octanol–water partition coefficient (Wildman–Crippen LogP) is 3.35. The second-order valence-corrected chi connectivity index (χ2v) is 5.97. The zero-order chi connectivity index (χ0) is 17.4. The molecule has 1 aromatic heterocycles. The molecule has 0 aliphatic heterocycles. The van der Waals surface area contributed by atoms with Crippen LogP contribution in [0.5, 0.6) is 11.5 Å². The summed E-state index contributed by atoms with van der Waals surface area (Å²) >= 11 is 0. The molecule has 1 heterocycles. The minimum atomic E-state index is -0.0289. The van der Waals surface area contributed by atoms with Crippen LogP contribution in [0.15, 0.2) is 36.5 Å². The molecule has 0 spiro atoms. The maximum absolute atomic E-state index is 12.0. The quantitative estimate of drug-likeness (QED) is 0.716. The molecule has 6 nitrogen and oxygen atoms in total. The molecule has 0 aliphatic carbocycles. The Hall–Kier alpha value is -2.50. The van der Waals surface area contributed by atoms with E-state index in [9.17, 15) is 4.79 Å². The van der Waals surface area contributed by atoms with Crippen LogP contribution in [-0.4, -0.2) is 29.4 Å². The highest BCUT2D eigenvalue weighted by molar-refractivity contribution is 5.89. The third-order valence-electron chi connectivity index (χ3n) is 3.40. The van der Waals surface area contributed by atoms with E-state index in [0.29, 0.717) is 25.4 Å². The number of benzene rings is 1. The van der Waals surface area contributed by atoms with Crippen LogP contribution < -0.4 is 14.8 Å². The Labute approximate surface area is 142 Å². The SMILES string of the molecule is COc1ccc(OCCCC(=O)Nc2ccnn2CC(C)C)cc1. The van der Waals surface area contributed by atoms with Crippen LogP contribution >= 0.6 is 0 Å². The molecule has 0 saturated heterocycles. The lowest BCUT2D eigenvalue weighted by atomic mass is 10.2. The van der Waals surface area contributed by atoms with Gasteiger partial charge >= 0.3 is 0 Å². The Morgan fingerprint density at radius 3 is 2.58 bits per heavy atom. The van der Waals surface area contributed by atoms with Crippen LogP contribution in [0, 0.1) is 5.92 Å². The van der Waals surface area contributed by atoms with Crippen molar-refractivity contribution in [3.8, 4) is 11.5 Å². The molecule has 0 aliphatic rings. The normalized spacial score (nSPS) is 10.7. The first-order valence-electron chi connectivity index (χ1n) is 8.17. The van der Waals surface area contributed by atoms with Gasteiger partial charge in [0.05, 0.1) is 19.9 Å². The topological polar surface area (TPSA) is 65.4 Å². The van der Waals surface area contributed by atoms with E-state index >= 15 is 0 Å². The van der Waals surface area contributed by atoms with Crippen molar-refractivity contribution < 1.29 is 14.3 Å². The molecule has 1 aromatic carbocycles. The molecule has 2 rings (SSSR count). The number of hydrogen-bond donors (Lipinski definition) is 1. The standard InChI is InChI=1S/C18H25N3O3/c1-14(2)13-21-17(10-11-19-21)20-18(22)5-4-12-24-16-8-6-15(23-3)7-9-16/h6-11,14H,4-5,12-13H2,1-3H3,(H,20,22). The monoisotopic (exact) mass is 331 g/mol. The lowest BCUT2D eigenvalue weighted by Gasteiger charge is -2.11. The fourth-order valence-corrected chi connectivity index (χ4v) is 2.23. The average molecular weight is 331 g/mol. The third kappa shape index (κ3) is 5.61. The first-order chi connectivity index (χ1) is 11.6. The molecule has 6 heteroatoms. The number of methoxy groups -OCH3 is 1. The number of anilines is 1. The summed E-state index contributed by atoms with van der Waals surface area (Å²) in [5.41, 5.74) is 0. The second-order valence-electron chi connectivity index (χ2n) is 5.97. The van der Waals surface area contributed by atoms with Gasteiger partial charge in [-0.3, -0.25) is 4.79 Å². The summed E-state index contributed by atoms with van der Waals surface area (Å²) in [6.07, 6.45) is 2.75. The van der Waals surface area contributed by atoms with Gasteiger partial charge in [0, 0.05) is 19.0 Å². The maximum Gasteiger partial charge on any atom is 0.225 e. The van der Waals surface area contributed by atoms with Gasteiger partial charge in [0.2, 0.25) is 5.91 Å². The van der Waals surface area contributed by atoms with Crippen molar-refractivity contribution >= 4 is 11.7 Å². The molecule has 130 valence electrons. The number of nitrogens with zero attached hydrogens (tertiary/aromatic N) is 2.